The molecule has 1 amide bonds. The molecule has 6 aromatic rings. The van der Waals surface area contributed by atoms with Crippen LogP contribution in [0.1, 0.15) is 29.4 Å². The van der Waals surface area contributed by atoms with Crippen LogP contribution in [0.15, 0.2) is 91.1 Å². The first-order valence-electron chi connectivity index (χ1n) is 14.1. The van der Waals surface area contributed by atoms with Gasteiger partial charge in [0.1, 0.15) is 17.5 Å². The first-order valence-corrected chi connectivity index (χ1v) is 14.1. The number of rotatable bonds is 6. The fourth-order valence-electron chi connectivity index (χ4n) is 5.93. The number of carbonyl (C=O) groups is 1. The molecule has 7 rings (SSSR count). The van der Waals surface area contributed by atoms with Gasteiger partial charge in [-0.05, 0) is 54.3 Å². The van der Waals surface area contributed by atoms with Crippen molar-refractivity contribution in [2.24, 2.45) is 0 Å². The van der Waals surface area contributed by atoms with Crippen LogP contribution in [0.3, 0.4) is 0 Å². The highest BCUT2D eigenvalue weighted by Crippen LogP contribution is 2.38. The fourth-order valence-corrected chi connectivity index (χ4v) is 5.93. The summed E-state index contributed by atoms with van der Waals surface area (Å²) in [5, 5.41) is 1.05. The molecule has 4 heterocycles. The third kappa shape index (κ3) is 4.78. The summed E-state index contributed by atoms with van der Waals surface area (Å²) in [5.41, 5.74) is 9.42. The number of aryl methyl sites for hydroxylation is 2. The zero-order valence-corrected chi connectivity index (χ0v) is 22.9. The van der Waals surface area contributed by atoms with Crippen molar-refractivity contribution in [1.82, 2.24) is 24.8 Å². The van der Waals surface area contributed by atoms with Gasteiger partial charge >= 0.3 is 0 Å². The molecular formula is C34H31N5O2. The van der Waals surface area contributed by atoms with Crippen molar-refractivity contribution < 1.29 is 9.53 Å². The molecule has 204 valence electrons. The number of ether oxygens (including phenoxy) is 1. The van der Waals surface area contributed by atoms with Gasteiger partial charge in [-0.25, -0.2) is 9.97 Å². The van der Waals surface area contributed by atoms with E-state index in [0.29, 0.717) is 32.6 Å². The Morgan fingerprint density at radius 3 is 2.71 bits per heavy atom. The van der Waals surface area contributed by atoms with Gasteiger partial charge in [-0.3, -0.25) is 4.79 Å². The van der Waals surface area contributed by atoms with Gasteiger partial charge in [-0.1, -0.05) is 66.2 Å². The first-order chi connectivity index (χ1) is 20.2. The number of hydrogen-bond acceptors (Lipinski definition) is 4. The van der Waals surface area contributed by atoms with Crippen molar-refractivity contribution >= 4 is 28.0 Å². The summed E-state index contributed by atoms with van der Waals surface area (Å²) in [4.78, 5) is 32.1. The van der Waals surface area contributed by atoms with Crippen LogP contribution in [0.25, 0.3) is 44.5 Å². The number of fused-ring (bicyclic) bond motifs is 2. The SMILES string of the molecule is Cc1ccc(-c2[nH]c3ncccc3c2CCC(=O)N2CCOC[C@H]2c2nc3ccccc3[nH]2)c(-c2ccccc2)c1. The van der Waals surface area contributed by atoms with E-state index in [4.69, 9.17) is 9.72 Å². The van der Waals surface area contributed by atoms with E-state index in [9.17, 15) is 4.79 Å². The molecule has 7 nitrogen and oxygen atoms in total. The molecule has 0 aliphatic carbocycles. The molecule has 1 atom stereocenters. The zero-order valence-electron chi connectivity index (χ0n) is 22.9. The van der Waals surface area contributed by atoms with Gasteiger partial charge in [0.25, 0.3) is 0 Å². The van der Waals surface area contributed by atoms with Gasteiger partial charge in [0, 0.05) is 30.1 Å². The molecule has 3 aromatic heterocycles. The molecule has 1 aliphatic rings. The molecule has 3 aromatic carbocycles. The van der Waals surface area contributed by atoms with Gasteiger partial charge in [0.2, 0.25) is 5.91 Å². The number of H-pyrrole nitrogens is 2. The standard InChI is InChI=1S/C34H31N5O2/c1-22-13-14-25(27(20-22)23-8-3-2-4-9-23)32-24(26-10-7-17-35-33(26)38-32)15-16-31(40)39-18-19-41-21-30(39)34-36-28-11-5-6-12-29(28)37-34/h2-14,17,20,30H,15-16,18-19,21H2,1H3,(H,35,38)(H,36,37)/t30-/m0/s1. The Morgan fingerprint density at radius 2 is 1.83 bits per heavy atom. The number of para-hydroxylation sites is 2. The van der Waals surface area contributed by atoms with Crippen LogP contribution in [-0.4, -0.2) is 50.5 Å². The van der Waals surface area contributed by atoms with Crippen LogP contribution in [-0.2, 0) is 16.0 Å². The summed E-state index contributed by atoms with van der Waals surface area (Å²) < 4.78 is 5.80. The second-order valence-electron chi connectivity index (χ2n) is 10.6. The fraction of sp³-hybridized carbons (Fsp3) is 0.206. The number of hydrogen-bond donors (Lipinski definition) is 2. The minimum Gasteiger partial charge on any atom is -0.377 e. The van der Waals surface area contributed by atoms with Crippen LogP contribution in [0.5, 0.6) is 0 Å². The lowest BCUT2D eigenvalue weighted by molar-refractivity contribution is -0.140. The Balaban J connectivity index is 1.22. The number of pyridine rings is 1. The topological polar surface area (TPSA) is 86.9 Å². The summed E-state index contributed by atoms with van der Waals surface area (Å²) in [6.07, 6.45) is 2.76. The van der Waals surface area contributed by atoms with E-state index in [0.717, 1.165) is 55.8 Å². The van der Waals surface area contributed by atoms with Gasteiger partial charge < -0.3 is 19.6 Å². The third-order valence-electron chi connectivity index (χ3n) is 7.97. The summed E-state index contributed by atoms with van der Waals surface area (Å²) >= 11 is 0. The van der Waals surface area contributed by atoms with E-state index >= 15 is 0 Å². The molecule has 0 bridgehead atoms. The highest BCUT2D eigenvalue weighted by Gasteiger charge is 2.31. The minimum atomic E-state index is -0.241. The number of imidazole rings is 1. The quantitative estimate of drug-likeness (QED) is 0.248. The van der Waals surface area contributed by atoms with Gasteiger partial charge in [0.15, 0.2) is 0 Å². The average Bonchev–Trinajstić information content (AvgIpc) is 3.62. The predicted molar refractivity (Wildman–Crippen MR) is 161 cm³/mol. The van der Waals surface area contributed by atoms with Crippen LogP contribution in [0.2, 0.25) is 0 Å². The maximum absolute atomic E-state index is 13.8. The number of aromatic nitrogens is 4. The molecule has 1 aliphatic heterocycles. The van der Waals surface area contributed by atoms with Gasteiger partial charge in [-0.15, -0.1) is 0 Å². The third-order valence-corrected chi connectivity index (χ3v) is 7.97. The van der Waals surface area contributed by atoms with Crippen molar-refractivity contribution in [1.29, 1.82) is 0 Å². The Morgan fingerprint density at radius 1 is 0.976 bits per heavy atom. The number of morpholine rings is 1. The Bertz CT molecular complexity index is 1820. The molecule has 1 saturated heterocycles. The molecule has 7 heteroatoms. The molecule has 0 spiro atoms. The Hall–Kier alpha value is -4.75. The van der Waals surface area contributed by atoms with Gasteiger partial charge in [0.05, 0.1) is 29.9 Å². The summed E-state index contributed by atoms with van der Waals surface area (Å²) in [7, 11) is 0. The summed E-state index contributed by atoms with van der Waals surface area (Å²) in [5.74, 6) is 0.860. The molecule has 0 unspecified atom stereocenters. The maximum Gasteiger partial charge on any atom is 0.223 e. The smallest absolute Gasteiger partial charge is 0.223 e. The highest BCUT2D eigenvalue weighted by atomic mass is 16.5. The summed E-state index contributed by atoms with van der Waals surface area (Å²) in [6.45, 7) is 3.61. The number of nitrogens with zero attached hydrogens (tertiary/aromatic N) is 3. The van der Waals surface area contributed by atoms with E-state index < -0.39 is 0 Å². The van der Waals surface area contributed by atoms with E-state index in [2.05, 4.69) is 70.4 Å². The van der Waals surface area contributed by atoms with Crippen LogP contribution in [0, 0.1) is 6.92 Å². The highest BCUT2D eigenvalue weighted by molar-refractivity contribution is 5.93. The second kappa shape index (κ2) is 10.7. The number of benzene rings is 3. The van der Waals surface area contributed by atoms with Gasteiger partial charge in [-0.2, -0.15) is 0 Å². The van der Waals surface area contributed by atoms with Crippen molar-refractivity contribution in [3.63, 3.8) is 0 Å². The van der Waals surface area contributed by atoms with Crippen LogP contribution in [0.4, 0.5) is 0 Å². The van der Waals surface area contributed by atoms with Crippen LogP contribution >= 0.6 is 0 Å². The normalized spacial score (nSPS) is 15.5. The lowest BCUT2D eigenvalue weighted by atomic mass is 9.92. The lowest BCUT2D eigenvalue weighted by Crippen LogP contribution is -2.44. The minimum absolute atomic E-state index is 0.0927. The number of nitrogens with one attached hydrogen (secondary N) is 2. The predicted octanol–water partition coefficient (Wildman–Crippen LogP) is 6.61. The lowest BCUT2D eigenvalue weighted by Gasteiger charge is -2.34. The largest absolute Gasteiger partial charge is 0.377 e. The molecule has 1 fully saturated rings. The van der Waals surface area contributed by atoms with E-state index in [1.165, 1.54) is 5.56 Å². The Labute approximate surface area is 238 Å². The van der Waals surface area contributed by atoms with Crippen molar-refractivity contribution in [2.75, 3.05) is 19.8 Å². The van der Waals surface area contributed by atoms with E-state index in [1.54, 1.807) is 6.20 Å². The van der Waals surface area contributed by atoms with E-state index in [-0.39, 0.29) is 11.9 Å². The summed E-state index contributed by atoms with van der Waals surface area (Å²) in [6, 6.07) is 28.7. The molecule has 2 N–H and O–H groups in total. The number of carbonyl (C=O) groups excluding carboxylic acids is 1. The second-order valence-corrected chi connectivity index (χ2v) is 10.6. The number of aromatic amines is 2. The first kappa shape index (κ1) is 25.2. The molecule has 0 saturated carbocycles. The van der Waals surface area contributed by atoms with Crippen molar-refractivity contribution in [3.05, 3.63) is 108 Å². The van der Waals surface area contributed by atoms with Crippen LogP contribution < -0.4 is 0 Å². The van der Waals surface area contributed by atoms with Crippen molar-refractivity contribution in [2.45, 2.75) is 25.8 Å². The zero-order chi connectivity index (χ0) is 27.8. The molecule has 41 heavy (non-hydrogen) atoms. The molecule has 0 radical (unpaired) electrons. The molecular weight excluding hydrogens is 510 g/mol. The monoisotopic (exact) mass is 541 g/mol. The maximum atomic E-state index is 13.8. The van der Waals surface area contributed by atoms with Crippen molar-refractivity contribution in [3.8, 4) is 22.4 Å². The van der Waals surface area contributed by atoms with E-state index in [1.807, 2.05) is 41.3 Å². The number of amides is 1. The Kier molecular flexibility index (Phi) is 6.57. The average molecular weight is 542 g/mol.